The topological polar surface area (TPSA) is 74.7 Å². The smallest absolute Gasteiger partial charge is 0.187 e. The zero-order valence-corrected chi connectivity index (χ0v) is 10.9. The number of rotatable bonds is 4. The number of nitriles is 1. The van der Waals surface area contributed by atoms with Gasteiger partial charge >= 0.3 is 0 Å². The third-order valence-corrected chi connectivity index (χ3v) is 3.64. The van der Waals surface area contributed by atoms with Gasteiger partial charge in [0.25, 0.3) is 0 Å². The summed E-state index contributed by atoms with van der Waals surface area (Å²) in [4.78, 5) is 5.65. The molecule has 5 heteroatoms. The molecule has 2 aromatic rings. The zero-order chi connectivity index (χ0) is 13.0. The van der Waals surface area contributed by atoms with Gasteiger partial charge in [-0.15, -0.1) is 11.3 Å². The van der Waals surface area contributed by atoms with Crippen LogP contribution >= 0.6 is 11.3 Å². The number of benzene rings is 1. The van der Waals surface area contributed by atoms with Gasteiger partial charge in [0.15, 0.2) is 5.13 Å². The van der Waals surface area contributed by atoms with Crippen molar-refractivity contribution < 1.29 is 0 Å². The molecule has 0 fully saturated rings. The summed E-state index contributed by atoms with van der Waals surface area (Å²) < 4.78 is 0. The van der Waals surface area contributed by atoms with Crippen LogP contribution in [0.1, 0.15) is 16.1 Å². The summed E-state index contributed by atoms with van der Waals surface area (Å²) in [6, 6.07) is 9.46. The average Bonchev–Trinajstić information content (AvgIpc) is 2.70. The summed E-state index contributed by atoms with van der Waals surface area (Å²) in [6.07, 6.45) is 0.851. The second-order valence-electron chi connectivity index (χ2n) is 3.88. The lowest BCUT2D eigenvalue weighted by molar-refractivity contribution is 0.970. The van der Waals surface area contributed by atoms with E-state index in [-0.39, 0.29) is 0 Å². The minimum Gasteiger partial charge on any atom is -0.331 e. The molecule has 0 atom stereocenters. The van der Waals surface area contributed by atoms with E-state index in [1.165, 1.54) is 4.88 Å². The molecule has 0 spiro atoms. The Hall–Kier alpha value is -1.90. The minimum absolute atomic E-state index is 0.631. The lowest BCUT2D eigenvalue weighted by Gasteiger charge is -2.01. The molecule has 0 aliphatic heterocycles. The first-order chi connectivity index (χ1) is 8.72. The molecule has 3 N–H and O–H groups in total. The highest BCUT2D eigenvalue weighted by molar-refractivity contribution is 7.15. The SMILES string of the molecule is Cc1nc(Nc2cccc(C#N)c2)sc1CCN. The predicted octanol–water partition coefficient (Wildman–Crippen LogP) is 2.57. The van der Waals surface area contributed by atoms with Crippen molar-refractivity contribution in [3.8, 4) is 6.07 Å². The molecule has 0 unspecified atom stereocenters. The van der Waals surface area contributed by atoms with Crippen LogP contribution in [0.3, 0.4) is 0 Å². The van der Waals surface area contributed by atoms with Crippen molar-refractivity contribution >= 4 is 22.2 Å². The maximum Gasteiger partial charge on any atom is 0.187 e. The molecule has 0 radical (unpaired) electrons. The van der Waals surface area contributed by atoms with Gasteiger partial charge in [-0.2, -0.15) is 5.26 Å². The standard InChI is InChI=1S/C13H14N4S/c1-9-12(5-6-14)18-13(16-9)17-11-4-2-3-10(7-11)8-15/h2-4,7H,5-6,14H2,1H3,(H,16,17). The van der Waals surface area contributed by atoms with Crippen LogP contribution in [0.15, 0.2) is 24.3 Å². The molecule has 0 bridgehead atoms. The van der Waals surface area contributed by atoms with Crippen molar-refractivity contribution in [2.24, 2.45) is 5.73 Å². The Morgan fingerprint density at radius 2 is 2.33 bits per heavy atom. The van der Waals surface area contributed by atoms with Crippen molar-refractivity contribution in [3.05, 3.63) is 40.4 Å². The summed E-state index contributed by atoms with van der Waals surface area (Å²) in [7, 11) is 0. The number of aryl methyl sites for hydroxylation is 1. The molecule has 1 heterocycles. The predicted molar refractivity (Wildman–Crippen MR) is 74.0 cm³/mol. The van der Waals surface area contributed by atoms with Crippen LogP contribution in [0.25, 0.3) is 0 Å². The number of nitrogens with zero attached hydrogens (tertiary/aromatic N) is 2. The van der Waals surface area contributed by atoms with Gasteiger partial charge in [-0.25, -0.2) is 4.98 Å². The van der Waals surface area contributed by atoms with Gasteiger partial charge in [0.05, 0.1) is 17.3 Å². The Kier molecular flexibility index (Phi) is 3.92. The van der Waals surface area contributed by atoms with E-state index in [2.05, 4.69) is 16.4 Å². The van der Waals surface area contributed by atoms with Crippen molar-refractivity contribution in [2.75, 3.05) is 11.9 Å². The van der Waals surface area contributed by atoms with E-state index >= 15 is 0 Å². The molecule has 0 saturated carbocycles. The highest BCUT2D eigenvalue weighted by atomic mass is 32.1. The van der Waals surface area contributed by atoms with Gasteiger partial charge < -0.3 is 11.1 Å². The lowest BCUT2D eigenvalue weighted by atomic mass is 10.2. The van der Waals surface area contributed by atoms with Crippen molar-refractivity contribution in [2.45, 2.75) is 13.3 Å². The molecule has 1 aromatic carbocycles. The Morgan fingerprint density at radius 1 is 1.50 bits per heavy atom. The summed E-state index contributed by atoms with van der Waals surface area (Å²) in [6.45, 7) is 2.62. The lowest BCUT2D eigenvalue weighted by Crippen LogP contribution is -2.01. The normalized spacial score (nSPS) is 10.1. The molecule has 18 heavy (non-hydrogen) atoms. The molecule has 2 rings (SSSR count). The molecule has 4 nitrogen and oxygen atoms in total. The van der Waals surface area contributed by atoms with Crippen molar-refractivity contribution in [3.63, 3.8) is 0 Å². The summed E-state index contributed by atoms with van der Waals surface area (Å²) in [5.41, 5.74) is 8.08. The first-order valence-electron chi connectivity index (χ1n) is 5.66. The number of aromatic nitrogens is 1. The van der Waals surface area contributed by atoms with Crippen molar-refractivity contribution in [1.29, 1.82) is 5.26 Å². The monoisotopic (exact) mass is 258 g/mol. The van der Waals surface area contributed by atoms with Crippen LogP contribution in [0, 0.1) is 18.3 Å². The molecule has 1 aromatic heterocycles. The summed E-state index contributed by atoms with van der Waals surface area (Å²) >= 11 is 1.61. The maximum absolute atomic E-state index is 8.84. The fraction of sp³-hybridized carbons (Fsp3) is 0.231. The van der Waals surface area contributed by atoms with Gasteiger partial charge in [0.1, 0.15) is 0 Å². The van der Waals surface area contributed by atoms with Crippen LogP contribution in [-0.2, 0) is 6.42 Å². The highest BCUT2D eigenvalue weighted by Crippen LogP contribution is 2.26. The number of nitrogens with one attached hydrogen (secondary N) is 1. The number of hydrogen-bond donors (Lipinski definition) is 2. The van der Waals surface area contributed by atoms with E-state index in [4.69, 9.17) is 11.0 Å². The molecule has 0 aliphatic rings. The summed E-state index contributed by atoms with van der Waals surface area (Å²) in [5.74, 6) is 0. The van der Waals surface area contributed by atoms with Crippen LogP contribution in [0.2, 0.25) is 0 Å². The molecule has 0 amide bonds. The number of hydrogen-bond acceptors (Lipinski definition) is 5. The molecular weight excluding hydrogens is 244 g/mol. The molecular formula is C13H14N4S. The Balaban J connectivity index is 2.18. The third-order valence-electron chi connectivity index (χ3n) is 2.51. The molecule has 0 saturated heterocycles. The maximum atomic E-state index is 8.84. The van der Waals surface area contributed by atoms with Crippen LogP contribution in [0.5, 0.6) is 0 Å². The second-order valence-corrected chi connectivity index (χ2v) is 4.97. The largest absolute Gasteiger partial charge is 0.331 e. The van der Waals surface area contributed by atoms with E-state index in [1.54, 1.807) is 23.5 Å². The minimum atomic E-state index is 0.631. The summed E-state index contributed by atoms with van der Waals surface area (Å²) in [5, 5.41) is 12.9. The van der Waals surface area contributed by atoms with Gasteiger partial charge in [-0.05, 0) is 38.1 Å². The second kappa shape index (κ2) is 5.63. The van der Waals surface area contributed by atoms with E-state index in [0.717, 1.165) is 22.9 Å². The molecule has 92 valence electrons. The van der Waals surface area contributed by atoms with E-state index in [0.29, 0.717) is 12.1 Å². The highest BCUT2D eigenvalue weighted by Gasteiger charge is 2.07. The van der Waals surface area contributed by atoms with Gasteiger partial charge in [0, 0.05) is 10.6 Å². The van der Waals surface area contributed by atoms with E-state index < -0.39 is 0 Å². The quantitative estimate of drug-likeness (QED) is 0.883. The first kappa shape index (κ1) is 12.6. The first-order valence-corrected chi connectivity index (χ1v) is 6.48. The fourth-order valence-corrected chi connectivity index (χ4v) is 2.63. The fourth-order valence-electron chi connectivity index (χ4n) is 1.63. The van der Waals surface area contributed by atoms with Crippen molar-refractivity contribution in [1.82, 2.24) is 4.98 Å². The van der Waals surface area contributed by atoms with Crippen LogP contribution in [-0.4, -0.2) is 11.5 Å². The number of nitrogens with two attached hydrogens (primary N) is 1. The Labute approximate surface area is 110 Å². The van der Waals surface area contributed by atoms with E-state index in [9.17, 15) is 0 Å². The third kappa shape index (κ3) is 2.86. The van der Waals surface area contributed by atoms with Crippen LogP contribution < -0.4 is 11.1 Å². The molecule has 0 aliphatic carbocycles. The number of anilines is 2. The van der Waals surface area contributed by atoms with E-state index in [1.807, 2.05) is 19.1 Å². The number of thiazole rings is 1. The zero-order valence-electron chi connectivity index (χ0n) is 10.1. The van der Waals surface area contributed by atoms with Gasteiger partial charge in [0.2, 0.25) is 0 Å². The van der Waals surface area contributed by atoms with Gasteiger partial charge in [-0.1, -0.05) is 6.07 Å². The van der Waals surface area contributed by atoms with Crippen LogP contribution in [0.4, 0.5) is 10.8 Å². The van der Waals surface area contributed by atoms with Gasteiger partial charge in [-0.3, -0.25) is 0 Å². The Bertz CT molecular complexity index is 583. The average molecular weight is 258 g/mol. The Morgan fingerprint density at radius 3 is 3.06 bits per heavy atom.